The van der Waals surface area contributed by atoms with Crippen LogP contribution in [0.5, 0.6) is 0 Å². The summed E-state index contributed by atoms with van der Waals surface area (Å²) in [5, 5.41) is 13.0. The molecule has 0 spiro atoms. The summed E-state index contributed by atoms with van der Waals surface area (Å²) in [6, 6.07) is 0.535. The van der Waals surface area contributed by atoms with E-state index in [9.17, 15) is 4.79 Å². The maximum absolute atomic E-state index is 11.0. The Kier molecular flexibility index (Phi) is 2.53. The molecule has 3 rings (SSSR count). The maximum Gasteiger partial charge on any atom is 0.324 e. The SMILES string of the molecule is CC(C)c1noc(N2CC[C@H]3[C@@H](C2)[C@H]3C(=O)O)n1. The monoisotopic (exact) mass is 251 g/mol. The van der Waals surface area contributed by atoms with Crippen LogP contribution < -0.4 is 4.90 Å². The molecular weight excluding hydrogens is 234 g/mol. The molecule has 2 aliphatic rings. The molecule has 0 amide bonds. The summed E-state index contributed by atoms with van der Waals surface area (Å²) < 4.78 is 5.25. The zero-order valence-electron chi connectivity index (χ0n) is 10.5. The van der Waals surface area contributed by atoms with Crippen molar-refractivity contribution >= 4 is 12.0 Å². The van der Waals surface area contributed by atoms with Crippen LogP contribution in [0.25, 0.3) is 0 Å². The maximum atomic E-state index is 11.0. The normalized spacial score (nSPS) is 30.4. The molecule has 3 atom stereocenters. The number of piperidine rings is 1. The highest BCUT2D eigenvalue weighted by Crippen LogP contribution is 2.52. The lowest BCUT2D eigenvalue weighted by atomic mass is 10.1. The third kappa shape index (κ3) is 1.76. The van der Waals surface area contributed by atoms with Gasteiger partial charge < -0.3 is 14.5 Å². The highest BCUT2D eigenvalue weighted by molar-refractivity contribution is 5.74. The summed E-state index contributed by atoms with van der Waals surface area (Å²) in [6.07, 6.45) is 0.904. The van der Waals surface area contributed by atoms with Gasteiger partial charge in [0.15, 0.2) is 5.82 Å². The molecule has 98 valence electrons. The lowest BCUT2D eigenvalue weighted by Gasteiger charge is -2.23. The molecule has 0 unspecified atom stereocenters. The standard InChI is InChI=1S/C12H17N3O3/c1-6(2)10-13-12(18-14-10)15-4-3-7-8(5-15)9(7)11(16)17/h6-9H,3-5H2,1-2H3,(H,16,17)/t7-,8+,9-/m0/s1. The first-order valence-electron chi connectivity index (χ1n) is 6.39. The van der Waals surface area contributed by atoms with Gasteiger partial charge in [-0.3, -0.25) is 4.79 Å². The number of carbonyl (C=O) groups is 1. The summed E-state index contributed by atoms with van der Waals surface area (Å²) in [5.74, 6) is 0.727. The molecule has 1 saturated carbocycles. The average molecular weight is 251 g/mol. The third-order valence-corrected chi connectivity index (χ3v) is 4.00. The predicted octanol–water partition coefficient (Wildman–Crippen LogP) is 1.35. The number of aliphatic carboxylic acids is 1. The second-order valence-corrected chi connectivity index (χ2v) is 5.52. The number of hydrogen-bond donors (Lipinski definition) is 1. The van der Waals surface area contributed by atoms with Gasteiger partial charge in [0.05, 0.1) is 5.92 Å². The molecule has 1 N–H and O–H groups in total. The van der Waals surface area contributed by atoms with E-state index in [1.807, 2.05) is 18.7 Å². The zero-order chi connectivity index (χ0) is 12.9. The smallest absolute Gasteiger partial charge is 0.324 e. The Morgan fingerprint density at radius 2 is 2.28 bits per heavy atom. The first-order valence-corrected chi connectivity index (χ1v) is 6.39. The van der Waals surface area contributed by atoms with Gasteiger partial charge in [-0.2, -0.15) is 4.98 Å². The van der Waals surface area contributed by atoms with E-state index >= 15 is 0 Å². The summed E-state index contributed by atoms with van der Waals surface area (Å²) in [7, 11) is 0. The topological polar surface area (TPSA) is 79.5 Å². The Balaban J connectivity index is 1.69. The van der Waals surface area contributed by atoms with Crippen LogP contribution in [0.1, 0.15) is 32.0 Å². The van der Waals surface area contributed by atoms with Gasteiger partial charge in [-0.15, -0.1) is 0 Å². The summed E-state index contributed by atoms with van der Waals surface area (Å²) in [4.78, 5) is 17.4. The quantitative estimate of drug-likeness (QED) is 0.873. The minimum absolute atomic E-state index is 0.164. The van der Waals surface area contributed by atoms with Crippen LogP contribution in [0.3, 0.4) is 0 Å². The van der Waals surface area contributed by atoms with Crippen LogP contribution >= 0.6 is 0 Å². The summed E-state index contributed by atoms with van der Waals surface area (Å²) in [6.45, 7) is 5.57. The first kappa shape index (κ1) is 11.5. The summed E-state index contributed by atoms with van der Waals surface area (Å²) in [5.41, 5.74) is 0. The minimum Gasteiger partial charge on any atom is -0.481 e. The number of nitrogens with zero attached hydrogens (tertiary/aromatic N) is 3. The molecule has 0 radical (unpaired) electrons. The van der Waals surface area contributed by atoms with Gasteiger partial charge in [0.25, 0.3) is 0 Å². The number of anilines is 1. The molecular formula is C12H17N3O3. The highest BCUT2D eigenvalue weighted by Gasteiger charge is 2.57. The largest absolute Gasteiger partial charge is 0.481 e. The van der Waals surface area contributed by atoms with Crippen LogP contribution in [-0.4, -0.2) is 34.3 Å². The van der Waals surface area contributed by atoms with E-state index in [0.717, 1.165) is 19.5 Å². The number of carboxylic acids is 1. The van der Waals surface area contributed by atoms with Crippen LogP contribution in [0, 0.1) is 17.8 Å². The van der Waals surface area contributed by atoms with E-state index in [4.69, 9.17) is 9.63 Å². The molecule has 1 saturated heterocycles. The molecule has 1 aliphatic carbocycles. The van der Waals surface area contributed by atoms with Gasteiger partial charge in [-0.25, -0.2) is 0 Å². The Morgan fingerprint density at radius 1 is 1.50 bits per heavy atom. The number of fused-ring (bicyclic) bond motifs is 1. The van der Waals surface area contributed by atoms with Crippen molar-refractivity contribution in [2.45, 2.75) is 26.2 Å². The Hall–Kier alpha value is -1.59. The molecule has 1 aliphatic heterocycles. The minimum atomic E-state index is -0.666. The number of hydrogen-bond acceptors (Lipinski definition) is 5. The van der Waals surface area contributed by atoms with Crippen LogP contribution in [0.2, 0.25) is 0 Å². The van der Waals surface area contributed by atoms with E-state index in [0.29, 0.717) is 17.8 Å². The van der Waals surface area contributed by atoms with Crippen LogP contribution in [0.4, 0.5) is 6.01 Å². The van der Waals surface area contributed by atoms with Crippen molar-refractivity contribution in [1.82, 2.24) is 10.1 Å². The van der Waals surface area contributed by atoms with Crippen molar-refractivity contribution in [2.24, 2.45) is 17.8 Å². The molecule has 0 bridgehead atoms. The molecule has 6 nitrogen and oxygen atoms in total. The molecule has 2 fully saturated rings. The number of aromatic nitrogens is 2. The van der Waals surface area contributed by atoms with E-state index in [1.54, 1.807) is 0 Å². The molecule has 6 heteroatoms. The van der Waals surface area contributed by atoms with Gasteiger partial charge in [0.2, 0.25) is 0 Å². The van der Waals surface area contributed by atoms with Crippen LogP contribution in [-0.2, 0) is 4.79 Å². The van der Waals surface area contributed by atoms with Crippen molar-refractivity contribution < 1.29 is 14.4 Å². The van der Waals surface area contributed by atoms with Crippen molar-refractivity contribution in [3.63, 3.8) is 0 Å². The highest BCUT2D eigenvalue weighted by atomic mass is 16.5. The van der Waals surface area contributed by atoms with Crippen molar-refractivity contribution in [2.75, 3.05) is 18.0 Å². The lowest BCUT2D eigenvalue weighted by Crippen LogP contribution is -2.31. The third-order valence-electron chi connectivity index (χ3n) is 4.00. The molecule has 1 aromatic heterocycles. The second-order valence-electron chi connectivity index (χ2n) is 5.52. The van der Waals surface area contributed by atoms with Gasteiger partial charge in [0.1, 0.15) is 0 Å². The number of carboxylic acid groups (broad SMARTS) is 1. The molecule has 0 aromatic carbocycles. The molecule has 1 aromatic rings. The Morgan fingerprint density at radius 3 is 2.89 bits per heavy atom. The lowest BCUT2D eigenvalue weighted by molar-refractivity contribution is -0.139. The Labute approximate surface area is 105 Å². The van der Waals surface area contributed by atoms with E-state index in [2.05, 4.69) is 10.1 Å². The van der Waals surface area contributed by atoms with Crippen LogP contribution in [0.15, 0.2) is 4.52 Å². The fraction of sp³-hybridized carbons (Fsp3) is 0.750. The van der Waals surface area contributed by atoms with Crippen molar-refractivity contribution in [1.29, 1.82) is 0 Å². The van der Waals surface area contributed by atoms with E-state index in [1.165, 1.54) is 0 Å². The fourth-order valence-corrected chi connectivity index (χ4v) is 2.87. The van der Waals surface area contributed by atoms with Crippen molar-refractivity contribution in [3.8, 4) is 0 Å². The number of rotatable bonds is 3. The van der Waals surface area contributed by atoms with E-state index < -0.39 is 5.97 Å². The van der Waals surface area contributed by atoms with Gasteiger partial charge in [-0.05, 0) is 18.3 Å². The summed E-state index contributed by atoms with van der Waals surface area (Å²) >= 11 is 0. The second kappa shape index (κ2) is 3.96. The van der Waals surface area contributed by atoms with Gasteiger partial charge in [-0.1, -0.05) is 19.0 Å². The van der Waals surface area contributed by atoms with Gasteiger partial charge >= 0.3 is 12.0 Å². The molecule has 18 heavy (non-hydrogen) atoms. The zero-order valence-corrected chi connectivity index (χ0v) is 10.5. The Bertz CT molecular complexity index is 471. The van der Waals surface area contributed by atoms with Gasteiger partial charge in [0, 0.05) is 19.0 Å². The van der Waals surface area contributed by atoms with Crippen molar-refractivity contribution in [3.05, 3.63) is 5.82 Å². The molecule has 2 heterocycles. The fourth-order valence-electron chi connectivity index (χ4n) is 2.87. The average Bonchev–Trinajstić information content (AvgIpc) is 2.82. The predicted molar refractivity (Wildman–Crippen MR) is 63.3 cm³/mol. The van der Waals surface area contributed by atoms with E-state index in [-0.39, 0.29) is 17.8 Å². The first-order chi connectivity index (χ1) is 8.58.